The topological polar surface area (TPSA) is 131 Å². The van der Waals surface area contributed by atoms with Gasteiger partial charge in [-0.15, -0.1) is 0 Å². The summed E-state index contributed by atoms with van der Waals surface area (Å²) in [4.78, 5) is 10.6. The highest BCUT2D eigenvalue weighted by Gasteiger charge is 2.47. The second-order valence-corrected chi connectivity index (χ2v) is 3.32. The van der Waals surface area contributed by atoms with Gasteiger partial charge in [0.15, 0.2) is 5.60 Å². The van der Waals surface area contributed by atoms with Crippen molar-refractivity contribution in [1.29, 1.82) is 0 Å². The number of aliphatic hydroxyl groups excluding tert-OH is 2. The highest BCUT2D eigenvalue weighted by Crippen LogP contribution is 2.27. The van der Waals surface area contributed by atoms with Crippen LogP contribution in [0.15, 0.2) is 5.16 Å². The third kappa shape index (κ3) is 1.69. The van der Waals surface area contributed by atoms with Crippen LogP contribution in [0.25, 0.3) is 0 Å². The molecule has 0 aromatic carbocycles. The van der Waals surface area contributed by atoms with Crippen LogP contribution in [-0.2, 0) is 4.79 Å². The van der Waals surface area contributed by atoms with Gasteiger partial charge in [0, 0.05) is 12.8 Å². The molecule has 0 saturated heterocycles. The molecule has 0 heterocycles. The molecule has 0 aliphatic heterocycles. The first kappa shape index (κ1) is 10.9. The normalized spacial score (nSPS) is 41.2. The van der Waals surface area contributed by atoms with Crippen molar-refractivity contribution in [3.8, 4) is 0 Å². The molecular formula is C7H11NO6. The Balaban J connectivity index is 2.93. The van der Waals surface area contributed by atoms with Gasteiger partial charge in [0.05, 0.1) is 11.8 Å². The Kier molecular flexibility index (Phi) is 2.74. The summed E-state index contributed by atoms with van der Waals surface area (Å²) in [5, 5.41) is 47.6. The number of carboxylic acids is 1. The Morgan fingerprint density at radius 2 is 2.07 bits per heavy atom. The van der Waals surface area contributed by atoms with Crippen molar-refractivity contribution in [1.82, 2.24) is 0 Å². The molecule has 7 heteroatoms. The van der Waals surface area contributed by atoms with Crippen LogP contribution in [0.5, 0.6) is 0 Å². The van der Waals surface area contributed by atoms with Crippen LogP contribution in [0, 0.1) is 0 Å². The highest BCUT2D eigenvalue weighted by atomic mass is 16.4. The summed E-state index contributed by atoms with van der Waals surface area (Å²) in [7, 11) is 0. The van der Waals surface area contributed by atoms with Crippen LogP contribution in [0.1, 0.15) is 12.8 Å². The van der Waals surface area contributed by atoms with E-state index in [1.807, 2.05) is 0 Å². The van der Waals surface area contributed by atoms with Gasteiger partial charge < -0.3 is 25.6 Å². The molecule has 3 atom stereocenters. The van der Waals surface area contributed by atoms with E-state index in [9.17, 15) is 20.1 Å². The van der Waals surface area contributed by atoms with E-state index in [-0.39, 0.29) is 5.71 Å². The van der Waals surface area contributed by atoms with E-state index in [0.29, 0.717) is 0 Å². The maximum absolute atomic E-state index is 10.6. The first-order valence-electron chi connectivity index (χ1n) is 3.93. The number of oxime groups is 1. The quantitative estimate of drug-likeness (QED) is 0.252. The van der Waals surface area contributed by atoms with Crippen LogP contribution in [0.4, 0.5) is 0 Å². The first-order valence-corrected chi connectivity index (χ1v) is 3.93. The van der Waals surface area contributed by atoms with Crippen LogP contribution in [-0.4, -0.2) is 55.1 Å². The molecule has 1 aliphatic carbocycles. The number of nitrogens with zero attached hydrogens (tertiary/aromatic N) is 1. The minimum Gasteiger partial charge on any atom is -0.479 e. The molecular weight excluding hydrogens is 194 g/mol. The van der Waals surface area contributed by atoms with E-state index >= 15 is 0 Å². The Morgan fingerprint density at radius 1 is 1.50 bits per heavy atom. The largest absolute Gasteiger partial charge is 0.479 e. The minimum atomic E-state index is -2.18. The molecule has 7 nitrogen and oxygen atoms in total. The van der Waals surface area contributed by atoms with Crippen molar-refractivity contribution in [3.05, 3.63) is 0 Å². The lowest BCUT2D eigenvalue weighted by atomic mass is 9.80. The average Bonchev–Trinajstić information content (AvgIpc) is 2.11. The van der Waals surface area contributed by atoms with Crippen molar-refractivity contribution in [3.63, 3.8) is 0 Å². The van der Waals surface area contributed by atoms with Gasteiger partial charge in [-0.05, 0) is 0 Å². The smallest absolute Gasteiger partial charge is 0.336 e. The Bertz CT molecular complexity index is 277. The fraction of sp³-hybridized carbons (Fsp3) is 0.714. The fourth-order valence-electron chi connectivity index (χ4n) is 1.41. The monoisotopic (exact) mass is 205 g/mol. The van der Waals surface area contributed by atoms with E-state index in [1.54, 1.807) is 0 Å². The van der Waals surface area contributed by atoms with E-state index in [2.05, 4.69) is 5.16 Å². The lowest BCUT2D eigenvalue weighted by Gasteiger charge is -2.34. The molecule has 5 N–H and O–H groups in total. The standard InChI is InChI=1S/C7H11NO6/c9-4-2-7(13,6(11)12)1-3(8-14)5(4)10/h4-5,9-10,13-14H,1-2H2,(H,11,12)/b8-3+/t4-,5-,7-/m0/s1. The van der Waals surface area contributed by atoms with Gasteiger partial charge in [-0.1, -0.05) is 5.16 Å². The Labute approximate surface area is 78.9 Å². The minimum absolute atomic E-state index is 0.339. The lowest BCUT2D eigenvalue weighted by molar-refractivity contribution is -0.164. The number of aliphatic carboxylic acids is 1. The predicted octanol–water partition coefficient (Wildman–Crippen LogP) is -1.85. The van der Waals surface area contributed by atoms with E-state index < -0.39 is 36.6 Å². The molecule has 1 rings (SSSR count). The van der Waals surface area contributed by atoms with Gasteiger partial charge in [0.2, 0.25) is 0 Å². The van der Waals surface area contributed by atoms with Crippen molar-refractivity contribution in [2.24, 2.45) is 5.16 Å². The number of aliphatic hydroxyl groups is 3. The van der Waals surface area contributed by atoms with Gasteiger partial charge >= 0.3 is 5.97 Å². The molecule has 0 aromatic rings. The first-order chi connectivity index (χ1) is 6.40. The lowest BCUT2D eigenvalue weighted by Crippen LogP contribution is -2.54. The fourth-order valence-corrected chi connectivity index (χ4v) is 1.41. The van der Waals surface area contributed by atoms with E-state index in [0.717, 1.165) is 0 Å². The van der Waals surface area contributed by atoms with Gasteiger partial charge in [0.25, 0.3) is 0 Å². The van der Waals surface area contributed by atoms with Crippen molar-refractivity contribution in [2.75, 3.05) is 0 Å². The summed E-state index contributed by atoms with van der Waals surface area (Å²) >= 11 is 0. The van der Waals surface area contributed by atoms with Gasteiger partial charge in [-0.2, -0.15) is 0 Å². The maximum atomic E-state index is 10.6. The zero-order chi connectivity index (χ0) is 10.9. The van der Waals surface area contributed by atoms with Crippen LogP contribution >= 0.6 is 0 Å². The van der Waals surface area contributed by atoms with Crippen molar-refractivity contribution in [2.45, 2.75) is 30.7 Å². The zero-order valence-electron chi connectivity index (χ0n) is 7.16. The molecule has 0 amide bonds. The van der Waals surface area contributed by atoms with E-state index in [4.69, 9.17) is 10.3 Å². The van der Waals surface area contributed by atoms with Crippen LogP contribution in [0.2, 0.25) is 0 Å². The zero-order valence-corrected chi connectivity index (χ0v) is 7.16. The highest BCUT2D eigenvalue weighted by molar-refractivity contribution is 5.95. The second kappa shape index (κ2) is 3.52. The summed E-state index contributed by atoms with van der Waals surface area (Å²) in [5.41, 5.74) is -2.52. The van der Waals surface area contributed by atoms with Crippen LogP contribution < -0.4 is 0 Å². The van der Waals surface area contributed by atoms with Gasteiger partial charge in [-0.3, -0.25) is 0 Å². The summed E-state index contributed by atoms with van der Waals surface area (Å²) in [6, 6.07) is 0. The van der Waals surface area contributed by atoms with Crippen molar-refractivity contribution < 1.29 is 30.4 Å². The average molecular weight is 205 g/mol. The number of rotatable bonds is 1. The maximum Gasteiger partial charge on any atom is 0.336 e. The molecule has 0 bridgehead atoms. The SMILES string of the molecule is O=C(O)[C@]1(O)C/C(=N\O)[C@H](O)[C@@H](O)C1. The Hall–Kier alpha value is -1.18. The number of carbonyl (C=O) groups is 1. The van der Waals surface area contributed by atoms with Gasteiger partial charge in [0.1, 0.15) is 6.10 Å². The third-order valence-electron chi connectivity index (χ3n) is 2.25. The molecule has 0 aromatic heterocycles. The summed E-state index contributed by atoms with van der Waals surface area (Å²) in [6.07, 6.45) is -3.88. The van der Waals surface area contributed by atoms with Crippen LogP contribution in [0.3, 0.4) is 0 Å². The number of hydrogen-bond acceptors (Lipinski definition) is 6. The molecule has 1 fully saturated rings. The molecule has 0 unspecified atom stereocenters. The van der Waals surface area contributed by atoms with E-state index in [1.165, 1.54) is 0 Å². The number of hydrogen-bond donors (Lipinski definition) is 5. The third-order valence-corrected chi connectivity index (χ3v) is 2.25. The second-order valence-electron chi connectivity index (χ2n) is 3.32. The summed E-state index contributed by atoms with van der Waals surface area (Å²) in [6.45, 7) is 0. The molecule has 80 valence electrons. The molecule has 14 heavy (non-hydrogen) atoms. The Morgan fingerprint density at radius 3 is 2.50 bits per heavy atom. The van der Waals surface area contributed by atoms with Gasteiger partial charge in [-0.25, -0.2) is 4.79 Å². The molecule has 0 spiro atoms. The molecule has 1 aliphatic rings. The summed E-state index contributed by atoms with van der Waals surface area (Å²) < 4.78 is 0. The summed E-state index contributed by atoms with van der Waals surface area (Å²) in [5.74, 6) is -1.52. The van der Waals surface area contributed by atoms with Crippen molar-refractivity contribution >= 4 is 11.7 Å². The molecule has 1 saturated carbocycles. The predicted molar refractivity (Wildman–Crippen MR) is 43.1 cm³/mol. The molecule has 0 radical (unpaired) electrons. The number of carboxylic acid groups (broad SMARTS) is 1.